The van der Waals surface area contributed by atoms with E-state index in [1.807, 2.05) is 36.4 Å². The molecule has 2 aromatic carbocycles. The third kappa shape index (κ3) is 5.58. The lowest BCUT2D eigenvalue weighted by atomic mass is 9.88. The summed E-state index contributed by atoms with van der Waals surface area (Å²) in [5.74, 6) is -1.26. The summed E-state index contributed by atoms with van der Waals surface area (Å²) in [7, 11) is 0. The first-order valence-electron chi connectivity index (χ1n) is 7.73. The van der Waals surface area contributed by atoms with Gasteiger partial charge >= 0.3 is 0 Å². The number of carboxylic acid groups (broad SMARTS) is 1. The largest absolute Gasteiger partial charge is 0.550 e. The molecule has 0 aliphatic rings. The van der Waals surface area contributed by atoms with Crippen LogP contribution in [0.5, 0.6) is 0 Å². The fourth-order valence-corrected chi connectivity index (χ4v) is 2.56. The van der Waals surface area contributed by atoms with Crippen LogP contribution in [-0.4, -0.2) is 18.4 Å². The van der Waals surface area contributed by atoms with Gasteiger partial charge in [0.05, 0.1) is 0 Å². The van der Waals surface area contributed by atoms with Crippen molar-refractivity contribution in [3.63, 3.8) is 0 Å². The summed E-state index contributed by atoms with van der Waals surface area (Å²) < 4.78 is 0. The topological polar surface area (TPSA) is 69.2 Å². The van der Waals surface area contributed by atoms with Crippen LogP contribution < -0.4 is 10.4 Å². The fourth-order valence-electron chi connectivity index (χ4n) is 2.56. The van der Waals surface area contributed by atoms with Crippen LogP contribution in [0.2, 0.25) is 0 Å². The number of benzene rings is 2. The monoisotopic (exact) mass is 310 g/mol. The minimum Gasteiger partial charge on any atom is -0.550 e. The van der Waals surface area contributed by atoms with Crippen LogP contribution in [0, 0.1) is 0 Å². The molecule has 1 N–H and O–H groups in total. The molecule has 0 spiro atoms. The third-order valence-electron chi connectivity index (χ3n) is 3.72. The SMILES string of the molecule is O=C([O-])CCC(=O)NCCC(c1ccccc1)c1ccccc1. The van der Waals surface area contributed by atoms with Gasteiger partial charge in [0, 0.05) is 24.9 Å². The fraction of sp³-hybridized carbons (Fsp3) is 0.263. The first kappa shape index (κ1) is 16.7. The lowest BCUT2D eigenvalue weighted by Gasteiger charge is -2.18. The van der Waals surface area contributed by atoms with Gasteiger partial charge < -0.3 is 15.2 Å². The number of rotatable bonds is 8. The van der Waals surface area contributed by atoms with Crippen molar-refractivity contribution >= 4 is 11.9 Å². The lowest BCUT2D eigenvalue weighted by molar-refractivity contribution is -0.305. The highest BCUT2D eigenvalue weighted by atomic mass is 16.4. The van der Waals surface area contributed by atoms with Crippen molar-refractivity contribution in [3.05, 3.63) is 71.8 Å². The van der Waals surface area contributed by atoms with Gasteiger partial charge in [-0.2, -0.15) is 0 Å². The molecule has 0 aromatic heterocycles. The molecular formula is C19H20NO3-. The molecule has 0 fully saturated rings. The van der Waals surface area contributed by atoms with Gasteiger partial charge in [-0.25, -0.2) is 0 Å². The molecule has 1 amide bonds. The molecule has 120 valence electrons. The van der Waals surface area contributed by atoms with Crippen molar-refractivity contribution in [2.75, 3.05) is 6.54 Å². The maximum atomic E-state index is 11.6. The summed E-state index contributed by atoms with van der Waals surface area (Å²) in [6.07, 6.45) is 0.474. The van der Waals surface area contributed by atoms with Gasteiger partial charge in [0.15, 0.2) is 0 Å². The normalized spacial score (nSPS) is 10.5. The van der Waals surface area contributed by atoms with Crippen molar-refractivity contribution in [3.8, 4) is 0 Å². The minimum atomic E-state index is -1.20. The van der Waals surface area contributed by atoms with E-state index in [4.69, 9.17) is 0 Å². The Hall–Kier alpha value is -2.62. The number of carbonyl (C=O) groups excluding carboxylic acids is 2. The van der Waals surface area contributed by atoms with Gasteiger partial charge in [0.25, 0.3) is 0 Å². The molecule has 2 aromatic rings. The van der Waals surface area contributed by atoms with E-state index in [1.54, 1.807) is 0 Å². The van der Waals surface area contributed by atoms with E-state index in [0.717, 1.165) is 6.42 Å². The van der Waals surface area contributed by atoms with Crippen LogP contribution in [0.1, 0.15) is 36.3 Å². The van der Waals surface area contributed by atoms with E-state index < -0.39 is 5.97 Å². The Balaban J connectivity index is 1.97. The van der Waals surface area contributed by atoms with Crippen LogP contribution in [0.25, 0.3) is 0 Å². The molecule has 4 heteroatoms. The highest BCUT2D eigenvalue weighted by Gasteiger charge is 2.14. The van der Waals surface area contributed by atoms with Crippen LogP contribution >= 0.6 is 0 Å². The first-order valence-corrected chi connectivity index (χ1v) is 7.73. The second kappa shape index (κ2) is 8.73. The van der Waals surface area contributed by atoms with Gasteiger partial charge in [-0.15, -0.1) is 0 Å². The third-order valence-corrected chi connectivity index (χ3v) is 3.72. The summed E-state index contributed by atoms with van der Waals surface area (Å²) in [6.45, 7) is 0.500. The predicted octanol–water partition coefficient (Wildman–Crippen LogP) is 1.85. The summed E-state index contributed by atoms with van der Waals surface area (Å²) in [5.41, 5.74) is 2.39. The Bertz CT molecular complexity index is 586. The number of carbonyl (C=O) groups is 2. The number of hydrogen-bond acceptors (Lipinski definition) is 3. The van der Waals surface area contributed by atoms with Crippen molar-refractivity contribution in [1.29, 1.82) is 0 Å². The minimum absolute atomic E-state index is 0.0380. The molecule has 0 aliphatic heterocycles. The molecule has 4 nitrogen and oxygen atoms in total. The van der Waals surface area contributed by atoms with Gasteiger partial charge in [0.1, 0.15) is 0 Å². The van der Waals surface area contributed by atoms with Crippen LogP contribution in [0.4, 0.5) is 0 Å². The highest BCUT2D eigenvalue weighted by molar-refractivity contribution is 5.79. The first-order chi connectivity index (χ1) is 11.2. The summed E-state index contributed by atoms with van der Waals surface area (Å²) >= 11 is 0. The molecule has 0 saturated heterocycles. The van der Waals surface area contributed by atoms with Gasteiger partial charge in [-0.1, -0.05) is 60.7 Å². The van der Waals surface area contributed by atoms with E-state index in [9.17, 15) is 14.7 Å². The van der Waals surface area contributed by atoms with Crippen LogP contribution in [0.3, 0.4) is 0 Å². The van der Waals surface area contributed by atoms with Crippen LogP contribution in [-0.2, 0) is 9.59 Å². The van der Waals surface area contributed by atoms with Crippen molar-refractivity contribution in [1.82, 2.24) is 5.32 Å². The smallest absolute Gasteiger partial charge is 0.220 e. The number of aliphatic carboxylic acids is 1. The Morgan fingerprint density at radius 2 is 1.39 bits per heavy atom. The highest BCUT2D eigenvalue weighted by Crippen LogP contribution is 2.27. The van der Waals surface area contributed by atoms with Crippen molar-refractivity contribution in [2.24, 2.45) is 0 Å². The Morgan fingerprint density at radius 1 is 0.870 bits per heavy atom. The maximum absolute atomic E-state index is 11.6. The number of carboxylic acids is 1. The average molecular weight is 310 g/mol. The second-order valence-electron chi connectivity index (χ2n) is 5.38. The van der Waals surface area contributed by atoms with E-state index in [1.165, 1.54) is 11.1 Å². The van der Waals surface area contributed by atoms with Gasteiger partial charge in [-0.05, 0) is 24.0 Å². The number of nitrogens with one attached hydrogen (secondary N) is 1. The molecule has 0 bridgehead atoms. The van der Waals surface area contributed by atoms with E-state index in [2.05, 4.69) is 29.6 Å². The molecular weight excluding hydrogens is 290 g/mol. The predicted molar refractivity (Wildman–Crippen MR) is 86.6 cm³/mol. The maximum Gasteiger partial charge on any atom is 0.220 e. The zero-order chi connectivity index (χ0) is 16.5. The second-order valence-corrected chi connectivity index (χ2v) is 5.38. The quantitative estimate of drug-likeness (QED) is 0.809. The number of hydrogen-bond donors (Lipinski definition) is 1. The summed E-state index contributed by atoms with van der Waals surface area (Å²) in [5, 5.41) is 13.1. The zero-order valence-corrected chi connectivity index (χ0v) is 12.9. The lowest BCUT2D eigenvalue weighted by Crippen LogP contribution is -2.29. The van der Waals surface area contributed by atoms with E-state index in [-0.39, 0.29) is 24.7 Å². The van der Waals surface area contributed by atoms with Crippen LogP contribution in [0.15, 0.2) is 60.7 Å². The Morgan fingerprint density at radius 3 is 1.87 bits per heavy atom. The van der Waals surface area contributed by atoms with Gasteiger partial charge in [-0.3, -0.25) is 4.79 Å². The summed E-state index contributed by atoms with van der Waals surface area (Å²) in [6, 6.07) is 20.3. The molecule has 0 atom stereocenters. The van der Waals surface area contributed by atoms with Gasteiger partial charge in [0.2, 0.25) is 5.91 Å². The molecule has 0 heterocycles. The molecule has 2 rings (SSSR count). The summed E-state index contributed by atoms with van der Waals surface area (Å²) in [4.78, 5) is 22.0. The average Bonchev–Trinajstić information content (AvgIpc) is 2.58. The molecule has 0 saturated carbocycles. The van der Waals surface area contributed by atoms with Crippen molar-refractivity contribution in [2.45, 2.75) is 25.2 Å². The number of amides is 1. The Labute approximate surface area is 136 Å². The molecule has 0 unspecified atom stereocenters. The van der Waals surface area contributed by atoms with E-state index in [0.29, 0.717) is 6.54 Å². The molecule has 0 aliphatic carbocycles. The Kier molecular flexibility index (Phi) is 6.36. The zero-order valence-electron chi connectivity index (χ0n) is 12.9. The van der Waals surface area contributed by atoms with Crippen molar-refractivity contribution < 1.29 is 14.7 Å². The molecule has 23 heavy (non-hydrogen) atoms. The van der Waals surface area contributed by atoms with E-state index >= 15 is 0 Å². The standard InChI is InChI=1S/C19H21NO3/c21-18(11-12-19(22)23)20-14-13-17(15-7-3-1-4-8-15)16-9-5-2-6-10-16/h1-10,17H,11-14H2,(H,20,21)(H,22,23)/p-1. The molecule has 0 radical (unpaired) electrons.